The first-order valence-electron chi connectivity index (χ1n) is 8.02. The zero-order valence-electron chi connectivity index (χ0n) is 14.2. The highest BCUT2D eigenvalue weighted by Crippen LogP contribution is 2.20. The van der Waals surface area contributed by atoms with E-state index in [2.05, 4.69) is 9.71 Å². The molecular formula is C20H19N2O3S+. The minimum absolute atomic E-state index is 0.152. The van der Waals surface area contributed by atoms with Gasteiger partial charge in [0.1, 0.15) is 16.3 Å². The summed E-state index contributed by atoms with van der Waals surface area (Å²) in [5.41, 5.74) is 2.18. The topological polar surface area (TPSA) is 80.4 Å². The van der Waals surface area contributed by atoms with E-state index >= 15 is 0 Å². The fourth-order valence-corrected chi connectivity index (χ4v) is 3.55. The van der Waals surface area contributed by atoms with E-state index in [0.29, 0.717) is 17.1 Å². The van der Waals surface area contributed by atoms with Gasteiger partial charge in [-0.25, -0.2) is 5.32 Å². The van der Waals surface area contributed by atoms with Gasteiger partial charge in [0, 0.05) is 0 Å². The summed E-state index contributed by atoms with van der Waals surface area (Å²) in [5, 5.41) is 12.7. The van der Waals surface area contributed by atoms with Gasteiger partial charge in [-0.1, -0.05) is 36.4 Å². The fourth-order valence-electron chi connectivity index (χ4n) is 2.48. The molecule has 0 unspecified atom stereocenters. The van der Waals surface area contributed by atoms with Crippen molar-refractivity contribution in [2.24, 2.45) is 0 Å². The molecule has 3 aromatic rings. The minimum atomic E-state index is -3.75. The molecule has 0 heterocycles. The summed E-state index contributed by atoms with van der Waals surface area (Å²) in [7, 11) is -3.75. The summed E-state index contributed by atoms with van der Waals surface area (Å²) in [6.45, 7) is 1.83. The molecule has 0 spiro atoms. The number of hydrogen-bond donors (Lipinski definition) is 3. The molecule has 3 rings (SSSR count). The van der Waals surface area contributed by atoms with Gasteiger partial charge in [-0.3, -0.25) is 0 Å². The number of nitrogens with one attached hydrogen (secondary N) is 2. The lowest BCUT2D eigenvalue weighted by molar-refractivity contribution is -0.266. The largest absolute Gasteiger partial charge is 0.508 e. The van der Waals surface area contributed by atoms with E-state index in [4.69, 9.17) is 0 Å². The van der Waals surface area contributed by atoms with Crippen LogP contribution in [0.5, 0.6) is 5.75 Å². The molecule has 0 radical (unpaired) electrons. The molecule has 0 bridgehead atoms. The van der Waals surface area contributed by atoms with E-state index in [1.807, 2.05) is 37.3 Å². The third-order valence-electron chi connectivity index (χ3n) is 3.82. The SMILES string of the molecule is Cc1cc(O)ccc1NC(=[NH+]S(=O)(=O)c1ccccc1)c1ccccc1. The van der Waals surface area contributed by atoms with Crippen molar-refractivity contribution >= 4 is 21.5 Å². The molecule has 0 aliphatic carbocycles. The third-order valence-corrected chi connectivity index (χ3v) is 5.19. The molecule has 0 aliphatic rings. The van der Waals surface area contributed by atoms with Crippen LogP contribution in [0, 0.1) is 6.92 Å². The monoisotopic (exact) mass is 367 g/mol. The molecule has 0 aliphatic heterocycles. The molecule has 0 fully saturated rings. The smallest absolute Gasteiger partial charge is 0.328 e. The Hall–Kier alpha value is -3.12. The molecule has 3 N–H and O–H groups in total. The van der Waals surface area contributed by atoms with E-state index in [9.17, 15) is 13.5 Å². The molecule has 3 aromatic carbocycles. The summed E-state index contributed by atoms with van der Waals surface area (Å²) in [6.07, 6.45) is 0. The number of rotatable bonds is 4. The van der Waals surface area contributed by atoms with Gasteiger partial charge in [0.15, 0.2) is 0 Å². The van der Waals surface area contributed by atoms with Crippen LogP contribution in [0.2, 0.25) is 0 Å². The van der Waals surface area contributed by atoms with Gasteiger partial charge in [-0.2, -0.15) is 12.8 Å². The normalized spacial score (nSPS) is 12.0. The van der Waals surface area contributed by atoms with Crippen LogP contribution >= 0.6 is 0 Å². The predicted molar refractivity (Wildman–Crippen MR) is 102 cm³/mol. The van der Waals surface area contributed by atoms with Gasteiger partial charge in [0.25, 0.3) is 5.84 Å². The minimum Gasteiger partial charge on any atom is -0.508 e. The summed E-state index contributed by atoms with van der Waals surface area (Å²) >= 11 is 0. The van der Waals surface area contributed by atoms with Crippen LogP contribution in [0.4, 0.5) is 5.69 Å². The summed E-state index contributed by atoms with van der Waals surface area (Å²) in [4.78, 5) is 0.178. The Morgan fingerprint density at radius 2 is 1.54 bits per heavy atom. The number of aryl methyl sites for hydroxylation is 1. The summed E-state index contributed by atoms with van der Waals surface area (Å²) in [5.74, 6) is 0.488. The maximum absolute atomic E-state index is 12.7. The van der Waals surface area contributed by atoms with E-state index in [1.165, 1.54) is 12.1 Å². The maximum Gasteiger partial charge on any atom is 0.328 e. The molecule has 0 saturated carbocycles. The van der Waals surface area contributed by atoms with Crippen molar-refractivity contribution in [1.29, 1.82) is 0 Å². The van der Waals surface area contributed by atoms with Crippen LogP contribution in [0.25, 0.3) is 0 Å². The second-order valence-electron chi connectivity index (χ2n) is 5.78. The van der Waals surface area contributed by atoms with E-state index in [0.717, 1.165) is 5.56 Å². The standard InChI is InChI=1S/C20H18N2O3S/c1-15-14-17(23)12-13-19(15)21-20(16-8-4-2-5-9-16)22-26(24,25)18-10-6-3-7-11-18/h2-14,23H,1H3,(H,21,22)/p+1. The second-order valence-corrected chi connectivity index (χ2v) is 7.47. The number of amidine groups is 1. The van der Waals surface area contributed by atoms with Crippen LogP contribution in [0.3, 0.4) is 0 Å². The number of aromatic hydroxyl groups is 1. The van der Waals surface area contributed by atoms with Crippen LogP contribution in [-0.4, -0.2) is 19.4 Å². The maximum atomic E-state index is 12.7. The van der Waals surface area contributed by atoms with Crippen LogP contribution in [0.1, 0.15) is 11.1 Å². The predicted octanol–water partition coefficient (Wildman–Crippen LogP) is 2.03. The Morgan fingerprint density at radius 3 is 2.15 bits per heavy atom. The molecule has 0 amide bonds. The van der Waals surface area contributed by atoms with Crippen molar-refractivity contribution < 1.29 is 17.9 Å². The molecule has 26 heavy (non-hydrogen) atoms. The number of benzene rings is 3. The molecule has 0 atom stereocenters. The zero-order chi connectivity index (χ0) is 18.6. The van der Waals surface area contributed by atoms with Crippen molar-refractivity contribution in [2.45, 2.75) is 11.8 Å². The average molecular weight is 367 g/mol. The first-order chi connectivity index (χ1) is 12.5. The number of anilines is 1. The van der Waals surface area contributed by atoms with Gasteiger partial charge in [0.05, 0.1) is 5.56 Å². The lowest BCUT2D eigenvalue weighted by Crippen LogP contribution is -2.78. The molecule has 0 saturated heterocycles. The lowest BCUT2D eigenvalue weighted by Gasteiger charge is -2.07. The van der Waals surface area contributed by atoms with E-state index < -0.39 is 10.0 Å². The lowest BCUT2D eigenvalue weighted by atomic mass is 10.1. The molecular weight excluding hydrogens is 348 g/mol. The Bertz CT molecular complexity index is 1030. The number of phenols is 1. The van der Waals surface area contributed by atoms with Crippen molar-refractivity contribution in [3.63, 3.8) is 0 Å². The zero-order valence-corrected chi connectivity index (χ0v) is 15.0. The average Bonchev–Trinajstić information content (AvgIpc) is 2.64. The second kappa shape index (κ2) is 7.41. The summed E-state index contributed by atoms with van der Waals surface area (Å²) < 4.78 is 28.1. The van der Waals surface area contributed by atoms with Crippen molar-refractivity contribution in [2.75, 3.05) is 5.32 Å². The number of sulfonamides is 1. The fraction of sp³-hybridized carbons (Fsp3) is 0.0500. The van der Waals surface area contributed by atoms with E-state index in [-0.39, 0.29) is 10.6 Å². The van der Waals surface area contributed by atoms with Gasteiger partial charge in [0.2, 0.25) is 0 Å². The quantitative estimate of drug-likeness (QED) is 0.374. The first-order valence-corrected chi connectivity index (χ1v) is 9.51. The van der Waals surface area contributed by atoms with Gasteiger partial charge in [-0.15, -0.1) is 0 Å². The van der Waals surface area contributed by atoms with Gasteiger partial charge < -0.3 is 5.11 Å². The highest BCUT2D eigenvalue weighted by molar-refractivity contribution is 7.84. The summed E-state index contributed by atoms with van der Waals surface area (Å²) in [6, 6.07) is 22.2. The Labute approximate surface area is 152 Å². The van der Waals surface area contributed by atoms with Crippen LogP contribution in [0.15, 0.2) is 83.8 Å². The Morgan fingerprint density at radius 1 is 0.923 bits per heavy atom. The Balaban J connectivity index is 2.07. The van der Waals surface area contributed by atoms with Crippen molar-refractivity contribution in [3.05, 3.63) is 90.0 Å². The molecule has 132 valence electrons. The number of hydrogen-bond acceptors (Lipinski definition) is 3. The molecule has 0 aromatic heterocycles. The van der Waals surface area contributed by atoms with Crippen molar-refractivity contribution in [3.8, 4) is 5.75 Å². The van der Waals surface area contributed by atoms with Gasteiger partial charge >= 0.3 is 10.0 Å². The molecule has 6 heteroatoms. The Kier molecular flexibility index (Phi) is 5.04. The highest BCUT2D eigenvalue weighted by atomic mass is 32.2. The van der Waals surface area contributed by atoms with Crippen molar-refractivity contribution in [1.82, 2.24) is 0 Å². The van der Waals surface area contributed by atoms with Gasteiger partial charge in [-0.05, 0) is 55.0 Å². The number of phenolic OH excluding ortho intramolecular Hbond substituents is 1. The van der Waals surface area contributed by atoms with Crippen LogP contribution in [-0.2, 0) is 10.0 Å². The first kappa shape index (κ1) is 17.7. The van der Waals surface area contributed by atoms with Crippen LogP contribution < -0.4 is 9.71 Å². The third kappa shape index (κ3) is 4.10. The van der Waals surface area contributed by atoms with E-state index in [1.54, 1.807) is 36.4 Å². The highest BCUT2D eigenvalue weighted by Gasteiger charge is 2.20. The molecule has 5 nitrogen and oxygen atoms in total.